The van der Waals surface area contributed by atoms with Crippen LogP contribution in [-0.4, -0.2) is 42.0 Å². The van der Waals surface area contributed by atoms with Crippen LogP contribution in [0.2, 0.25) is 0 Å². The number of pyridine rings is 1. The minimum absolute atomic E-state index is 0.153. The zero-order valence-corrected chi connectivity index (χ0v) is 13.3. The largest absolute Gasteiger partial charge is 0.508 e. The van der Waals surface area contributed by atoms with Crippen molar-refractivity contribution in [3.8, 4) is 5.75 Å². The summed E-state index contributed by atoms with van der Waals surface area (Å²) in [6, 6.07) is 10.4. The van der Waals surface area contributed by atoms with Crippen molar-refractivity contribution in [2.75, 3.05) is 26.0 Å². The molecule has 0 saturated heterocycles. The van der Waals surface area contributed by atoms with Gasteiger partial charge in [-0.05, 0) is 36.8 Å². The van der Waals surface area contributed by atoms with E-state index >= 15 is 0 Å². The molecule has 0 bridgehead atoms. The summed E-state index contributed by atoms with van der Waals surface area (Å²) in [6.07, 6.45) is 1.63. The Kier molecular flexibility index (Phi) is 4.65. The number of anilines is 1. The number of nitrogens with zero attached hydrogens (tertiary/aromatic N) is 3. The van der Waals surface area contributed by atoms with Gasteiger partial charge in [0.15, 0.2) is 0 Å². The molecule has 1 heterocycles. The van der Waals surface area contributed by atoms with Gasteiger partial charge >= 0.3 is 0 Å². The van der Waals surface area contributed by atoms with E-state index in [0.29, 0.717) is 5.69 Å². The van der Waals surface area contributed by atoms with Gasteiger partial charge < -0.3 is 14.9 Å². The third-order valence-electron chi connectivity index (χ3n) is 3.73. The maximum Gasteiger partial charge on any atom is 0.272 e. The third-order valence-corrected chi connectivity index (χ3v) is 3.73. The van der Waals surface area contributed by atoms with Gasteiger partial charge in [0.1, 0.15) is 11.4 Å². The van der Waals surface area contributed by atoms with Gasteiger partial charge in [0.25, 0.3) is 5.91 Å². The SMILES string of the molecule is C[C@@H](c1cccc(O)c1)N(C)C(=O)c1cc(N(C)C)ccn1. The molecule has 0 aliphatic carbocycles. The van der Waals surface area contributed by atoms with Gasteiger partial charge in [-0.1, -0.05) is 12.1 Å². The number of phenols is 1. The molecule has 2 aromatic rings. The second-order valence-electron chi connectivity index (χ2n) is 5.48. The molecule has 0 fully saturated rings. The molecule has 0 unspecified atom stereocenters. The summed E-state index contributed by atoms with van der Waals surface area (Å²) in [7, 11) is 5.58. The first-order valence-electron chi connectivity index (χ1n) is 7.09. The first-order chi connectivity index (χ1) is 10.4. The molecule has 0 saturated carbocycles. The average molecular weight is 299 g/mol. The Balaban J connectivity index is 2.23. The number of phenolic OH excluding ortho intramolecular Hbond substituents is 1. The molecule has 0 radical (unpaired) electrons. The highest BCUT2D eigenvalue weighted by molar-refractivity contribution is 5.93. The summed E-state index contributed by atoms with van der Waals surface area (Å²) < 4.78 is 0. The van der Waals surface area contributed by atoms with Gasteiger partial charge in [-0.25, -0.2) is 0 Å². The van der Waals surface area contributed by atoms with Gasteiger partial charge in [-0.3, -0.25) is 9.78 Å². The average Bonchev–Trinajstić information content (AvgIpc) is 2.52. The molecule has 2 rings (SSSR count). The molecule has 1 N–H and O–H groups in total. The number of amides is 1. The van der Waals surface area contributed by atoms with Crippen LogP contribution in [0.15, 0.2) is 42.6 Å². The van der Waals surface area contributed by atoms with Crippen LogP contribution in [0.25, 0.3) is 0 Å². The van der Waals surface area contributed by atoms with E-state index in [1.807, 2.05) is 38.1 Å². The maximum atomic E-state index is 12.6. The molecule has 1 atom stereocenters. The first kappa shape index (κ1) is 15.8. The Bertz CT molecular complexity index is 670. The topological polar surface area (TPSA) is 56.7 Å². The van der Waals surface area contributed by atoms with Gasteiger partial charge in [0.05, 0.1) is 6.04 Å². The zero-order chi connectivity index (χ0) is 16.3. The van der Waals surface area contributed by atoms with Gasteiger partial charge in [0.2, 0.25) is 0 Å². The van der Waals surface area contributed by atoms with E-state index in [9.17, 15) is 9.90 Å². The molecule has 1 aromatic heterocycles. The predicted octanol–water partition coefficient (Wildman–Crippen LogP) is 2.69. The highest BCUT2D eigenvalue weighted by atomic mass is 16.3. The normalized spacial score (nSPS) is 11.8. The molecule has 0 aliphatic rings. The van der Waals surface area contributed by atoms with E-state index in [1.165, 1.54) is 0 Å². The van der Waals surface area contributed by atoms with Crippen LogP contribution < -0.4 is 4.90 Å². The van der Waals surface area contributed by atoms with Crippen LogP contribution in [0.4, 0.5) is 5.69 Å². The number of benzene rings is 1. The molecule has 22 heavy (non-hydrogen) atoms. The van der Waals surface area contributed by atoms with Crippen LogP contribution in [0.5, 0.6) is 5.75 Å². The lowest BCUT2D eigenvalue weighted by Gasteiger charge is -2.25. The van der Waals surface area contributed by atoms with E-state index in [0.717, 1.165) is 11.3 Å². The second kappa shape index (κ2) is 6.47. The second-order valence-corrected chi connectivity index (χ2v) is 5.48. The molecule has 0 spiro atoms. The minimum Gasteiger partial charge on any atom is -0.508 e. The van der Waals surface area contributed by atoms with Crippen molar-refractivity contribution in [3.63, 3.8) is 0 Å². The summed E-state index contributed by atoms with van der Waals surface area (Å²) in [4.78, 5) is 20.3. The van der Waals surface area contributed by atoms with E-state index in [4.69, 9.17) is 0 Å². The monoisotopic (exact) mass is 299 g/mol. The Labute approximate surface area is 130 Å². The fraction of sp³-hybridized carbons (Fsp3) is 0.294. The molecule has 116 valence electrons. The highest BCUT2D eigenvalue weighted by Gasteiger charge is 2.20. The quantitative estimate of drug-likeness (QED) is 0.943. The smallest absolute Gasteiger partial charge is 0.272 e. The van der Waals surface area contributed by atoms with Crippen LogP contribution in [0.1, 0.15) is 29.0 Å². The van der Waals surface area contributed by atoms with Crippen LogP contribution in [-0.2, 0) is 0 Å². The molecular weight excluding hydrogens is 278 g/mol. The van der Waals surface area contributed by atoms with Crippen molar-refractivity contribution in [2.24, 2.45) is 0 Å². The van der Waals surface area contributed by atoms with Gasteiger partial charge in [-0.15, -0.1) is 0 Å². The Hall–Kier alpha value is -2.56. The number of hydrogen-bond donors (Lipinski definition) is 1. The minimum atomic E-state index is -0.163. The lowest BCUT2D eigenvalue weighted by atomic mass is 10.1. The highest BCUT2D eigenvalue weighted by Crippen LogP contribution is 2.24. The molecule has 5 nitrogen and oxygen atoms in total. The lowest BCUT2D eigenvalue weighted by molar-refractivity contribution is 0.0736. The molecule has 0 aliphatic heterocycles. The number of carbonyl (C=O) groups excluding carboxylic acids is 1. The summed E-state index contributed by atoms with van der Waals surface area (Å²) >= 11 is 0. The van der Waals surface area contributed by atoms with E-state index in [1.54, 1.807) is 42.4 Å². The standard InChI is InChI=1S/C17H21N3O2/c1-12(13-6-5-7-15(21)10-13)20(4)17(22)16-11-14(19(2)3)8-9-18-16/h5-12,21H,1-4H3/t12-/m0/s1. The van der Waals surface area contributed by atoms with Crippen molar-refractivity contribution in [2.45, 2.75) is 13.0 Å². The van der Waals surface area contributed by atoms with Crippen molar-refractivity contribution >= 4 is 11.6 Å². The summed E-state index contributed by atoms with van der Waals surface area (Å²) in [5.74, 6) is 0.0393. The fourth-order valence-electron chi connectivity index (χ4n) is 2.18. The van der Waals surface area contributed by atoms with Crippen molar-refractivity contribution in [3.05, 3.63) is 53.9 Å². The van der Waals surface area contributed by atoms with Crippen LogP contribution >= 0.6 is 0 Å². The first-order valence-corrected chi connectivity index (χ1v) is 7.09. The number of rotatable bonds is 4. The van der Waals surface area contributed by atoms with Crippen molar-refractivity contribution < 1.29 is 9.90 Å². The summed E-state index contributed by atoms with van der Waals surface area (Å²) in [5, 5.41) is 9.58. The zero-order valence-electron chi connectivity index (χ0n) is 13.3. The lowest BCUT2D eigenvalue weighted by Crippen LogP contribution is -2.30. The Morgan fingerprint density at radius 1 is 1.18 bits per heavy atom. The Morgan fingerprint density at radius 3 is 2.55 bits per heavy atom. The van der Waals surface area contributed by atoms with E-state index in [2.05, 4.69) is 4.98 Å². The number of aromatic nitrogens is 1. The van der Waals surface area contributed by atoms with Crippen LogP contribution in [0, 0.1) is 0 Å². The molecule has 1 aromatic carbocycles. The Morgan fingerprint density at radius 2 is 1.91 bits per heavy atom. The summed E-state index contributed by atoms with van der Waals surface area (Å²) in [6.45, 7) is 1.92. The third kappa shape index (κ3) is 3.36. The number of aromatic hydroxyl groups is 1. The van der Waals surface area contributed by atoms with E-state index < -0.39 is 0 Å². The van der Waals surface area contributed by atoms with E-state index in [-0.39, 0.29) is 17.7 Å². The number of hydrogen-bond acceptors (Lipinski definition) is 4. The molecule has 5 heteroatoms. The summed E-state index contributed by atoms with van der Waals surface area (Å²) in [5.41, 5.74) is 2.21. The fourth-order valence-corrected chi connectivity index (χ4v) is 2.18. The maximum absolute atomic E-state index is 12.6. The number of carbonyl (C=O) groups is 1. The molecular formula is C17H21N3O2. The van der Waals surface area contributed by atoms with Gasteiger partial charge in [-0.2, -0.15) is 0 Å². The van der Waals surface area contributed by atoms with Gasteiger partial charge in [0, 0.05) is 33.0 Å². The van der Waals surface area contributed by atoms with Crippen LogP contribution in [0.3, 0.4) is 0 Å². The predicted molar refractivity (Wildman–Crippen MR) is 87.2 cm³/mol. The van der Waals surface area contributed by atoms with Crippen molar-refractivity contribution in [1.82, 2.24) is 9.88 Å². The molecule has 1 amide bonds. The van der Waals surface area contributed by atoms with Crippen molar-refractivity contribution in [1.29, 1.82) is 0 Å².